The minimum absolute atomic E-state index is 0.0784. The molecule has 0 saturated carbocycles. The van der Waals surface area contributed by atoms with E-state index in [-0.39, 0.29) is 23.4 Å². The molecule has 0 bridgehead atoms. The summed E-state index contributed by atoms with van der Waals surface area (Å²) in [5.74, 6) is -1.43. The minimum atomic E-state index is -0.683. The topological polar surface area (TPSA) is 72.2 Å². The van der Waals surface area contributed by atoms with Crippen molar-refractivity contribution in [3.05, 3.63) is 70.4 Å². The number of alkyl carbamates (subject to hydrolysis) is 1. The molecule has 37 heavy (non-hydrogen) atoms. The Labute approximate surface area is 217 Å². The lowest BCUT2D eigenvalue weighted by Crippen LogP contribution is -2.61. The fraction of sp³-hybridized carbons (Fsp3) is 0.296. The summed E-state index contributed by atoms with van der Waals surface area (Å²) in [7, 11) is 1.37. The van der Waals surface area contributed by atoms with Crippen molar-refractivity contribution in [2.24, 2.45) is 0 Å². The second kappa shape index (κ2) is 10.2. The first-order valence-electron chi connectivity index (χ1n) is 11.4. The molecule has 0 unspecified atom stereocenters. The Hall–Kier alpha value is -3.97. The molecule has 2 amide bonds. The van der Waals surface area contributed by atoms with E-state index in [1.165, 1.54) is 31.4 Å². The predicted molar refractivity (Wildman–Crippen MR) is 137 cm³/mol. The summed E-state index contributed by atoms with van der Waals surface area (Å²) >= 11 is 1.16. The molecule has 7 nitrogen and oxygen atoms in total. The van der Waals surface area contributed by atoms with Gasteiger partial charge >= 0.3 is 6.09 Å². The Bertz CT molecular complexity index is 1400. The molecule has 1 fully saturated rings. The summed E-state index contributed by atoms with van der Waals surface area (Å²) in [4.78, 5) is 30.9. The van der Waals surface area contributed by atoms with E-state index in [1.807, 2.05) is 0 Å². The van der Waals surface area contributed by atoms with E-state index >= 15 is 0 Å². The third-order valence-electron chi connectivity index (χ3n) is 5.63. The van der Waals surface area contributed by atoms with E-state index in [1.54, 1.807) is 43.9 Å². The van der Waals surface area contributed by atoms with E-state index in [2.05, 4.69) is 10.2 Å². The zero-order chi connectivity index (χ0) is 26.9. The van der Waals surface area contributed by atoms with Crippen LogP contribution in [0.1, 0.15) is 30.4 Å². The first-order chi connectivity index (χ1) is 17.5. The smallest absolute Gasteiger partial charge is 0.407 e. The molecule has 0 atom stereocenters. The number of rotatable bonds is 5. The first kappa shape index (κ1) is 26.1. The lowest BCUT2D eigenvalue weighted by Gasteiger charge is -2.39. The summed E-state index contributed by atoms with van der Waals surface area (Å²) in [5, 5.41) is 2.74. The van der Waals surface area contributed by atoms with Crippen LogP contribution in [-0.4, -0.2) is 48.7 Å². The highest BCUT2D eigenvalue weighted by molar-refractivity contribution is 7.18. The molecule has 1 aromatic heterocycles. The van der Waals surface area contributed by atoms with Crippen molar-refractivity contribution in [2.45, 2.75) is 32.4 Å². The van der Waals surface area contributed by atoms with E-state index in [9.17, 15) is 18.4 Å². The summed E-state index contributed by atoms with van der Waals surface area (Å²) in [5.41, 5.74) is 0.758. The van der Waals surface area contributed by atoms with E-state index in [0.29, 0.717) is 39.5 Å². The first-order valence-corrected chi connectivity index (χ1v) is 12.2. The van der Waals surface area contributed by atoms with Crippen LogP contribution in [0.5, 0.6) is 5.75 Å². The normalized spacial score (nSPS) is 13.5. The Morgan fingerprint density at radius 3 is 2.35 bits per heavy atom. The molecule has 4 rings (SSSR count). The van der Waals surface area contributed by atoms with Crippen molar-refractivity contribution in [2.75, 3.05) is 20.2 Å². The largest absolute Gasteiger partial charge is 0.494 e. The van der Waals surface area contributed by atoms with Crippen molar-refractivity contribution in [1.82, 2.24) is 10.2 Å². The molecule has 0 aliphatic carbocycles. The maximum Gasteiger partial charge on any atom is 0.407 e. The maximum absolute atomic E-state index is 14.5. The van der Waals surface area contributed by atoms with Gasteiger partial charge in [0, 0.05) is 23.5 Å². The standard InChI is InChI=1S/C27H25F2N3O4S/c1-27(2,3)36-26(34)31-17-13-32(14-17)25(33)23-12-18(15-6-8-21(30-4)19(28)10-15)24(37-23)16-7-9-22(35-5)20(29)11-16/h6-12,17H,13-14H2,1-3,5H3,(H,31,34). The van der Waals surface area contributed by atoms with Crippen LogP contribution in [0.2, 0.25) is 0 Å². The Morgan fingerprint density at radius 1 is 1.08 bits per heavy atom. The lowest BCUT2D eigenvalue weighted by atomic mass is 10.0. The van der Waals surface area contributed by atoms with Gasteiger partial charge in [0.2, 0.25) is 5.69 Å². The number of benzene rings is 2. The lowest BCUT2D eigenvalue weighted by molar-refractivity contribution is 0.0361. The monoisotopic (exact) mass is 525 g/mol. The Morgan fingerprint density at radius 2 is 1.76 bits per heavy atom. The number of ether oxygens (including phenoxy) is 2. The van der Waals surface area contributed by atoms with Gasteiger partial charge in [-0.15, -0.1) is 11.3 Å². The van der Waals surface area contributed by atoms with Crippen molar-refractivity contribution in [1.29, 1.82) is 0 Å². The highest BCUT2D eigenvalue weighted by Crippen LogP contribution is 2.42. The van der Waals surface area contributed by atoms with Gasteiger partial charge in [0.25, 0.3) is 5.91 Å². The van der Waals surface area contributed by atoms with Gasteiger partial charge in [-0.3, -0.25) is 4.79 Å². The van der Waals surface area contributed by atoms with Crippen LogP contribution in [0.15, 0.2) is 42.5 Å². The molecular weight excluding hydrogens is 500 g/mol. The van der Waals surface area contributed by atoms with Crippen molar-refractivity contribution >= 4 is 29.0 Å². The number of likely N-dealkylation sites (tertiary alicyclic amines) is 1. The van der Waals surface area contributed by atoms with Crippen LogP contribution in [0.4, 0.5) is 19.3 Å². The summed E-state index contributed by atoms with van der Waals surface area (Å²) in [6.45, 7) is 13.0. The molecule has 1 N–H and O–H groups in total. The average molecular weight is 526 g/mol. The fourth-order valence-electron chi connectivity index (χ4n) is 3.86. The van der Waals surface area contributed by atoms with E-state index < -0.39 is 23.3 Å². The van der Waals surface area contributed by atoms with Gasteiger partial charge in [-0.1, -0.05) is 12.1 Å². The number of thiophene rings is 1. The SMILES string of the molecule is [C-]#[N+]c1ccc(-c2cc(C(=O)N3CC(NC(=O)OC(C)(C)C)C3)sc2-c2ccc(OC)c(F)c2)cc1F. The van der Waals surface area contributed by atoms with Gasteiger partial charge in [0.15, 0.2) is 11.6 Å². The Kier molecular flexibility index (Phi) is 7.18. The van der Waals surface area contributed by atoms with Crippen LogP contribution in [-0.2, 0) is 4.74 Å². The third kappa shape index (κ3) is 5.73. The van der Waals surface area contributed by atoms with Crippen molar-refractivity contribution in [3.63, 3.8) is 0 Å². The molecular formula is C27H25F2N3O4S. The minimum Gasteiger partial charge on any atom is -0.494 e. The second-order valence-electron chi connectivity index (χ2n) is 9.53. The molecule has 3 aromatic rings. The van der Waals surface area contributed by atoms with Gasteiger partial charge in [0.05, 0.1) is 24.6 Å². The van der Waals surface area contributed by atoms with Crippen molar-refractivity contribution < 1.29 is 27.8 Å². The van der Waals surface area contributed by atoms with E-state index in [0.717, 1.165) is 11.3 Å². The molecule has 2 aromatic carbocycles. The van der Waals surface area contributed by atoms with Crippen LogP contribution < -0.4 is 10.1 Å². The number of amides is 2. The number of nitrogens with zero attached hydrogens (tertiary/aromatic N) is 2. The zero-order valence-electron chi connectivity index (χ0n) is 20.7. The van der Waals surface area contributed by atoms with E-state index in [4.69, 9.17) is 16.0 Å². The summed E-state index contributed by atoms with van der Waals surface area (Å²) in [6.07, 6.45) is -0.545. The van der Waals surface area contributed by atoms with Gasteiger partial charge < -0.3 is 19.7 Å². The highest BCUT2D eigenvalue weighted by atomic mass is 32.1. The predicted octanol–water partition coefficient (Wildman–Crippen LogP) is 6.27. The highest BCUT2D eigenvalue weighted by Gasteiger charge is 2.34. The summed E-state index contributed by atoms with van der Waals surface area (Å²) in [6, 6.07) is 10.1. The average Bonchev–Trinajstić information content (AvgIpc) is 3.25. The quantitative estimate of drug-likeness (QED) is 0.399. The van der Waals surface area contributed by atoms with Gasteiger partial charge in [0.1, 0.15) is 11.4 Å². The number of carbonyl (C=O) groups is 2. The number of nitrogens with one attached hydrogen (secondary N) is 1. The number of halogens is 2. The van der Waals surface area contributed by atoms with Gasteiger partial charge in [-0.05, 0) is 62.2 Å². The number of hydrogen-bond donors (Lipinski definition) is 1. The van der Waals surface area contributed by atoms with Crippen molar-refractivity contribution in [3.8, 4) is 27.3 Å². The number of hydrogen-bond acceptors (Lipinski definition) is 5. The maximum atomic E-state index is 14.5. The summed E-state index contributed by atoms with van der Waals surface area (Å²) < 4.78 is 39.2. The van der Waals surface area contributed by atoms with Crippen LogP contribution in [0, 0.1) is 18.2 Å². The molecule has 10 heteroatoms. The molecule has 192 valence electrons. The van der Waals surface area contributed by atoms with Crippen LogP contribution in [0.3, 0.4) is 0 Å². The van der Waals surface area contributed by atoms with Crippen LogP contribution in [0.25, 0.3) is 26.4 Å². The van der Waals surface area contributed by atoms with Gasteiger partial charge in [-0.25, -0.2) is 18.4 Å². The fourth-order valence-corrected chi connectivity index (χ4v) is 5.01. The van der Waals surface area contributed by atoms with Crippen LogP contribution >= 0.6 is 11.3 Å². The molecule has 2 heterocycles. The number of carbonyl (C=O) groups excluding carboxylic acids is 2. The molecule has 0 spiro atoms. The zero-order valence-corrected chi connectivity index (χ0v) is 21.5. The Balaban J connectivity index is 1.61. The molecule has 1 aliphatic rings. The molecule has 1 saturated heterocycles. The molecule has 1 aliphatic heterocycles. The third-order valence-corrected chi connectivity index (χ3v) is 6.80. The second-order valence-corrected chi connectivity index (χ2v) is 10.6. The number of methoxy groups -OCH3 is 1. The molecule has 0 radical (unpaired) electrons. The van der Waals surface area contributed by atoms with Gasteiger partial charge in [-0.2, -0.15) is 0 Å².